The van der Waals surface area contributed by atoms with Gasteiger partial charge in [-0.1, -0.05) is 6.07 Å². The SMILES string of the molecule is CCn1ncnc1CC(Cc1ccc(OC)nc1)NC. The van der Waals surface area contributed by atoms with Crippen LogP contribution in [0.2, 0.25) is 0 Å². The minimum absolute atomic E-state index is 0.305. The Morgan fingerprint density at radius 1 is 1.30 bits per heavy atom. The third kappa shape index (κ3) is 3.54. The fourth-order valence-corrected chi connectivity index (χ4v) is 2.14. The Balaban J connectivity index is 2.01. The number of pyridine rings is 1. The van der Waals surface area contributed by atoms with E-state index in [-0.39, 0.29) is 0 Å². The largest absolute Gasteiger partial charge is 0.481 e. The van der Waals surface area contributed by atoms with E-state index in [0.29, 0.717) is 11.9 Å². The first-order valence-electron chi connectivity index (χ1n) is 6.79. The van der Waals surface area contributed by atoms with Gasteiger partial charge in [0.25, 0.3) is 0 Å². The highest BCUT2D eigenvalue weighted by atomic mass is 16.5. The van der Waals surface area contributed by atoms with Crippen molar-refractivity contribution in [3.63, 3.8) is 0 Å². The summed E-state index contributed by atoms with van der Waals surface area (Å²) in [6.45, 7) is 2.91. The highest BCUT2D eigenvalue weighted by Gasteiger charge is 2.12. The molecule has 2 heterocycles. The minimum atomic E-state index is 0.305. The summed E-state index contributed by atoms with van der Waals surface area (Å²) in [4.78, 5) is 8.55. The first kappa shape index (κ1) is 14.5. The molecule has 1 atom stereocenters. The molecule has 20 heavy (non-hydrogen) atoms. The molecule has 0 spiro atoms. The number of hydrogen-bond donors (Lipinski definition) is 1. The number of ether oxygens (including phenoxy) is 1. The van der Waals surface area contributed by atoms with E-state index in [9.17, 15) is 0 Å². The topological polar surface area (TPSA) is 64.9 Å². The molecule has 1 N–H and O–H groups in total. The van der Waals surface area contributed by atoms with Crippen LogP contribution in [0.4, 0.5) is 0 Å². The van der Waals surface area contributed by atoms with E-state index in [1.807, 2.05) is 30.1 Å². The fourth-order valence-electron chi connectivity index (χ4n) is 2.14. The van der Waals surface area contributed by atoms with E-state index in [1.165, 1.54) is 5.56 Å². The van der Waals surface area contributed by atoms with Gasteiger partial charge in [0.2, 0.25) is 5.88 Å². The summed E-state index contributed by atoms with van der Waals surface area (Å²) < 4.78 is 6.99. The summed E-state index contributed by atoms with van der Waals surface area (Å²) in [6.07, 6.45) is 5.20. The van der Waals surface area contributed by atoms with E-state index in [1.54, 1.807) is 13.4 Å². The number of aromatic nitrogens is 4. The molecule has 0 saturated heterocycles. The summed E-state index contributed by atoms with van der Waals surface area (Å²) in [5.74, 6) is 1.65. The number of nitrogens with zero attached hydrogens (tertiary/aromatic N) is 4. The molecular weight excluding hydrogens is 254 g/mol. The molecule has 6 heteroatoms. The number of hydrogen-bond acceptors (Lipinski definition) is 5. The van der Waals surface area contributed by atoms with Crippen LogP contribution in [0.5, 0.6) is 5.88 Å². The van der Waals surface area contributed by atoms with Crippen molar-refractivity contribution in [2.45, 2.75) is 32.4 Å². The first-order valence-corrected chi connectivity index (χ1v) is 6.79. The van der Waals surface area contributed by atoms with Crippen LogP contribution in [0.1, 0.15) is 18.3 Å². The Kier molecular flexibility index (Phi) is 5.06. The van der Waals surface area contributed by atoms with Gasteiger partial charge in [-0.2, -0.15) is 5.10 Å². The van der Waals surface area contributed by atoms with E-state index >= 15 is 0 Å². The van der Waals surface area contributed by atoms with E-state index in [0.717, 1.165) is 25.2 Å². The van der Waals surface area contributed by atoms with Crippen LogP contribution < -0.4 is 10.1 Å². The Labute approximate surface area is 119 Å². The Bertz CT molecular complexity index is 523. The second-order valence-electron chi connectivity index (χ2n) is 4.59. The zero-order valence-corrected chi connectivity index (χ0v) is 12.2. The van der Waals surface area contributed by atoms with Gasteiger partial charge in [0, 0.05) is 31.3 Å². The number of methoxy groups -OCH3 is 1. The summed E-state index contributed by atoms with van der Waals surface area (Å²) >= 11 is 0. The maximum absolute atomic E-state index is 5.07. The van der Waals surface area contributed by atoms with Crippen LogP contribution in [-0.2, 0) is 19.4 Å². The quantitative estimate of drug-likeness (QED) is 0.819. The van der Waals surface area contributed by atoms with Crippen LogP contribution in [0, 0.1) is 0 Å². The van der Waals surface area contributed by atoms with Crippen LogP contribution in [0.25, 0.3) is 0 Å². The predicted molar refractivity (Wildman–Crippen MR) is 76.7 cm³/mol. The van der Waals surface area contributed by atoms with E-state index < -0.39 is 0 Å². The van der Waals surface area contributed by atoms with Crippen LogP contribution in [-0.4, -0.2) is 39.9 Å². The highest BCUT2D eigenvalue weighted by Crippen LogP contribution is 2.10. The molecule has 0 saturated carbocycles. The van der Waals surface area contributed by atoms with Crippen molar-refractivity contribution >= 4 is 0 Å². The molecule has 108 valence electrons. The zero-order chi connectivity index (χ0) is 14.4. The van der Waals surface area contributed by atoms with Gasteiger partial charge in [-0.3, -0.25) is 4.68 Å². The van der Waals surface area contributed by atoms with Crippen molar-refractivity contribution in [2.24, 2.45) is 0 Å². The maximum atomic E-state index is 5.07. The number of aryl methyl sites for hydroxylation is 1. The lowest BCUT2D eigenvalue weighted by atomic mass is 10.0. The lowest BCUT2D eigenvalue weighted by molar-refractivity contribution is 0.397. The van der Waals surface area contributed by atoms with Crippen molar-refractivity contribution in [3.8, 4) is 5.88 Å². The molecule has 0 aliphatic heterocycles. The summed E-state index contributed by atoms with van der Waals surface area (Å²) in [6, 6.07) is 4.23. The van der Waals surface area contributed by atoms with Gasteiger partial charge in [-0.05, 0) is 26.0 Å². The summed E-state index contributed by atoms with van der Waals surface area (Å²) in [5.41, 5.74) is 1.17. The Morgan fingerprint density at radius 3 is 2.75 bits per heavy atom. The molecule has 2 aromatic heterocycles. The van der Waals surface area contributed by atoms with Gasteiger partial charge in [0.1, 0.15) is 12.2 Å². The Morgan fingerprint density at radius 2 is 2.15 bits per heavy atom. The van der Waals surface area contributed by atoms with Gasteiger partial charge in [-0.25, -0.2) is 9.97 Å². The van der Waals surface area contributed by atoms with Crippen LogP contribution >= 0.6 is 0 Å². The van der Waals surface area contributed by atoms with Crippen molar-refractivity contribution in [3.05, 3.63) is 36.0 Å². The lowest BCUT2D eigenvalue weighted by Crippen LogP contribution is -2.31. The molecule has 2 rings (SSSR count). The monoisotopic (exact) mass is 275 g/mol. The number of likely N-dealkylation sites (N-methyl/N-ethyl adjacent to an activating group) is 1. The zero-order valence-electron chi connectivity index (χ0n) is 12.2. The first-order chi connectivity index (χ1) is 9.76. The van der Waals surface area contributed by atoms with Crippen molar-refractivity contribution in [1.29, 1.82) is 0 Å². The average Bonchev–Trinajstić information content (AvgIpc) is 2.94. The van der Waals surface area contributed by atoms with E-state index in [2.05, 4.69) is 27.3 Å². The molecule has 0 bridgehead atoms. The summed E-state index contributed by atoms with van der Waals surface area (Å²) in [5, 5.41) is 7.53. The van der Waals surface area contributed by atoms with Crippen molar-refractivity contribution in [1.82, 2.24) is 25.1 Å². The van der Waals surface area contributed by atoms with Crippen molar-refractivity contribution in [2.75, 3.05) is 14.2 Å². The van der Waals surface area contributed by atoms with Crippen molar-refractivity contribution < 1.29 is 4.74 Å². The second kappa shape index (κ2) is 7.00. The Hall–Kier alpha value is -1.95. The maximum Gasteiger partial charge on any atom is 0.212 e. The van der Waals surface area contributed by atoms with Crippen LogP contribution in [0.3, 0.4) is 0 Å². The van der Waals surface area contributed by atoms with Gasteiger partial charge in [0.05, 0.1) is 7.11 Å². The molecule has 0 aliphatic carbocycles. The molecule has 0 aliphatic rings. The average molecular weight is 275 g/mol. The predicted octanol–water partition coefficient (Wildman–Crippen LogP) is 1.07. The molecule has 1 unspecified atom stereocenters. The normalized spacial score (nSPS) is 12.3. The molecule has 6 nitrogen and oxygen atoms in total. The summed E-state index contributed by atoms with van der Waals surface area (Å²) in [7, 11) is 3.59. The smallest absolute Gasteiger partial charge is 0.212 e. The molecule has 2 aromatic rings. The highest BCUT2D eigenvalue weighted by molar-refractivity contribution is 5.18. The standard InChI is InChI=1S/C14H21N5O/c1-4-19-13(17-10-18-19)8-12(15-2)7-11-5-6-14(20-3)16-9-11/h5-6,9-10,12,15H,4,7-8H2,1-3H3. The van der Waals surface area contributed by atoms with Gasteiger partial charge >= 0.3 is 0 Å². The third-order valence-corrected chi connectivity index (χ3v) is 3.32. The lowest BCUT2D eigenvalue weighted by Gasteiger charge is -2.16. The van der Waals surface area contributed by atoms with Gasteiger partial charge in [-0.15, -0.1) is 0 Å². The fraction of sp³-hybridized carbons (Fsp3) is 0.500. The molecule has 0 amide bonds. The molecule has 0 fully saturated rings. The molecule has 0 aromatic carbocycles. The van der Waals surface area contributed by atoms with Crippen LogP contribution in [0.15, 0.2) is 24.7 Å². The molecule has 0 radical (unpaired) electrons. The van der Waals surface area contributed by atoms with E-state index in [4.69, 9.17) is 4.74 Å². The second-order valence-corrected chi connectivity index (χ2v) is 4.59. The van der Waals surface area contributed by atoms with Gasteiger partial charge in [0.15, 0.2) is 0 Å². The van der Waals surface area contributed by atoms with Gasteiger partial charge < -0.3 is 10.1 Å². The number of rotatable bonds is 7. The molecular formula is C14H21N5O. The third-order valence-electron chi connectivity index (χ3n) is 3.32. The number of nitrogens with one attached hydrogen (secondary N) is 1. The minimum Gasteiger partial charge on any atom is -0.481 e.